The van der Waals surface area contributed by atoms with Crippen molar-refractivity contribution in [1.82, 2.24) is 20.0 Å². The second-order valence-electron chi connectivity index (χ2n) is 7.85. The summed E-state index contributed by atoms with van der Waals surface area (Å²) in [5, 5.41) is 3.51. The van der Waals surface area contributed by atoms with Crippen molar-refractivity contribution in [2.45, 2.75) is 52.4 Å². The van der Waals surface area contributed by atoms with E-state index in [0.29, 0.717) is 0 Å². The van der Waals surface area contributed by atoms with Gasteiger partial charge in [0, 0.05) is 32.7 Å². The topological polar surface area (TPSA) is 34.1 Å². The number of likely N-dealkylation sites (tertiary alicyclic amines) is 2. The van der Waals surface area contributed by atoms with Crippen LogP contribution < -0.4 is 5.32 Å². The van der Waals surface area contributed by atoms with E-state index in [1.807, 2.05) is 0 Å². The second kappa shape index (κ2) is 11.7. The van der Waals surface area contributed by atoms with Crippen molar-refractivity contribution in [1.29, 1.82) is 0 Å². The number of hydrogen-bond acceptors (Lipinski definition) is 3. The van der Waals surface area contributed by atoms with Gasteiger partial charge in [-0.15, -0.1) is 0 Å². The summed E-state index contributed by atoms with van der Waals surface area (Å²) in [6.45, 7) is 14.8. The maximum absolute atomic E-state index is 4.90. The zero-order valence-corrected chi connectivity index (χ0v) is 17.0. The van der Waals surface area contributed by atoms with Gasteiger partial charge in [0.1, 0.15) is 0 Å². The summed E-state index contributed by atoms with van der Waals surface area (Å²) < 4.78 is 0. The number of likely N-dealkylation sites (N-methyl/N-ethyl adjacent to an activating group) is 1. The lowest BCUT2D eigenvalue weighted by molar-refractivity contribution is 0.198. The summed E-state index contributed by atoms with van der Waals surface area (Å²) in [5.41, 5.74) is 0. The van der Waals surface area contributed by atoms with Gasteiger partial charge in [0.2, 0.25) is 0 Å². The molecule has 5 heteroatoms. The minimum atomic E-state index is 0.814. The first-order chi connectivity index (χ1) is 12.2. The van der Waals surface area contributed by atoms with Crippen LogP contribution in [0.25, 0.3) is 0 Å². The van der Waals surface area contributed by atoms with Crippen molar-refractivity contribution in [3.63, 3.8) is 0 Å². The van der Waals surface area contributed by atoms with Gasteiger partial charge < -0.3 is 20.0 Å². The van der Waals surface area contributed by atoms with E-state index < -0.39 is 0 Å². The van der Waals surface area contributed by atoms with Gasteiger partial charge in [-0.2, -0.15) is 0 Å². The Morgan fingerprint density at radius 1 is 1.12 bits per heavy atom. The number of nitrogens with one attached hydrogen (secondary N) is 1. The highest BCUT2D eigenvalue weighted by molar-refractivity contribution is 5.80. The lowest BCUT2D eigenvalue weighted by Crippen LogP contribution is -2.41. The van der Waals surface area contributed by atoms with E-state index in [1.165, 1.54) is 71.2 Å². The van der Waals surface area contributed by atoms with Crippen LogP contribution in [0.5, 0.6) is 0 Å². The van der Waals surface area contributed by atoms with Crippen LogP contribution in [0.1, 0.15) is 52.4 Å². The van der Waals surface area contributed by atoms with Crippen LogP contribution in [-0.4, -0.2) is 86.6 Å². The smallest absolute Gasteiger partial charge is 0.193 e. The molecule has 1 unspecified atom stereocenters. The van der Waals surface area contributed by atoms with Crippen molar-refractivity contribution < 1.29 is 0 Å². The minimum Gasteiger partial charge on any atom is -0.357 e. The number of nitrogens with zero attached hydrogens (tertiary/aromatic N) is 4. The van der Waals surface area contributed by atoms with Gasteiger partial charge in [-0.05, 0) is 65.2 Å². The fraction of sp³-hybridized carbons (Fsp3) is 0.950. The van der Waals surface area contributed by atoms with Gasteiger partial charge in [0.25, 0.3) is 0 Å². The highest BCUT2D eigenvalue weighted by Gasteiger charge is 2.26. The number of rotatable bonds is 9. The first kappa shape index (κ1) is 20.5. The first-order valence-corrected chi connectivity index (χ1v) is 10.7. The van der Waals surface area contributed by atoms with Crippen LogP contribution >= 0.6 is 0 Å². The molecule has 0 spiro atoms. The molecule has 2 aliphatic rings. The number of unbranched alkanes of at least 4 members (excludes halogenated alkanes) is 1. The van der Waals surface area contributed by atoms with E-state index in [2.05, 4.69) is 40.9 Å². The predicted molar refractivity (Wildman–Crippen MR) is 108 cm³/mol. The fourth-order valence-corrected chi connectivity index (χ4v) is 3.97. The third kappa shape index (κ3) is 7.53. The van der Waals surface area contributed by atoms with Gasteiger partial charge in [-0.1, -0.05) is 19.8 Å². The van der Waals surface area contributed by atoms with E-state index in [9.17, 15) is 0 Å². The molecule has 146 valence electrons. The number of guanidine groups is 1. The van der Waals surface area contributed by atoms with Crippen LogP contribution in [0.2, 0.25) is 0 Å². The van der Waals surface area contributed by atoms with Crippen molar-refractivity contribution in [2.75, 3.05) is 66.0 Å². The summed E-state index contributed by atoms with van der Waals surface area (Å²) in [5.74, 6) is 1.95. The quantitative estimate of drug-likeness (QED) is 0.511. The Hall–Kier alpha value is -0.810. The lowest BCUT2D eigenvalue weighted by atomic mass is 10.1. The molecule has 2 heterocycles. The zero-order valence-electron chi connectivity index (χ0n) is 17.0. The molecule has 2 aliphatic heterocycles. The van der Waals surface area contributed by atoms with Gasteiger partial charge >= 0.3 is 0 Å². The summed E-state index contributed by atoms with van der Waals surface area (Å²) in [7, 11) is 2.21. The molecule has 0 amide bonds. The highest BCUT2D eigenvalue weighted by Crippen LogP contribution is 2.19. The SMILES string of the molecule is CCCCN(C)CCN=C(NCC)N1CCC(CN2CCCCC2)C1. The average molecular weight is 352 g/mol. The Labute approximate surface area is 155 Å². The van der Waals surface area contributed by atoms with Gasteiger partial charge in [0.05, 0.1) is 6.54 Å². The van der Waals surface area contributed by atoms with Gasteiger partial charge in [-0.25, -0.2) is 0 Å². The Morgan fingerprint density at radius 2 is 1.92 bits per heavy atom. The van der Waals surface area contributed by atoms with Crippen LogP contribution in [0.3, 0.4) is 0 Å². The lowest BCUT2D eigenvalue weighted by Gasteiger charge is -2.29. The molecular formula is C20H41N5. The molecule has 2 saturated heterocycles. The Bertz CT molecular complexity index is 378. The largest absolute Gasteiger partial charge is 0.357 e. The third-order valence-corrected chi connectivity index (χ3v) is 5.52. The number of hydrogen-bond donors (Lipinski definition) is 1. The van der Waals surface area contributed by atoms with E-state index in [1.54, 1.807) is 0 Å². The molecular weight excluding hydrogens is 310 g/mol. The molecule has 1 N–H and O–H groups in total. The van der Waals surface area contributed by atoms with Crippen molar-refractivity contribution >= 4 is 5.96 Å². The van der Waals surface area contributed by atoms with Gasteiger partial charge in [-0.3, -0.25) is 4.99 Å². The Kier molecular flexibility index (Phi) is 9.63. The maximum atomic E-state index is 4.90. The summed E-state index contributed by atoms with van der Waals surface area (Å²) in [6, 6.07) is 0. The standard InChI is InChI=1S/C20H41N5/c1-4-6-12-23(3)16-11-22-20(21-5-2)25-15-10-19(18-25)17-24-13-8-7-9-14-24/h19H,4-18H2,1-3H3,(H,21,22). The number of aliphatic imine (C=N–C) groups is 1. The molecule has 25 heavy (non-hydrogen) atoms. The molecule has 0 aromatic heterocycles. The molecule has 1 atom stereocenters. The average Bonchev–Trinajstić information content (AvgIpc) is 3.08. The van der Waals surface area contributed by atoms with Crippen LogP contribution in [-0.2, 0) is 0 Å². The molecule has 0 aromatic carbocycles. The highest BCUT2D eigenvalue weighted by atomic mass is 15.3. The molecule has 0 aliphatic carbocycles. The molecule has 5 nitrogen and oxygen atoms in total. The second-order valence-corrected chi connectivity index (χ2v) is 7.85. The molecule has 2 fully saturated rings. The molecule has 0 radical (unpaired) electrons. The van der Waals surface area contributed by atoms with E-state index in [4.69, 9.17) is 4.99 Å². The van der Waals surface area contributed by atoms with Crippen LogP contribution in [0.4, 0.5) is 0 Å². The first-order valence-electron chi connectivity index (χ1n) is 10.7. The maximum Gasteiger partial charge on any atom is 0.193 e. The van der Waals surface area contributed by atoms with Crippen molar-refractivity contribution in [3.8, 4) is 0 Å². The molecule has 0 aromatic rings. The van der Waals surface area contributed by atoms with Crippen molar-refractivity contribution in [2.24, 2.45) is 10.9 Å². The van der Waals surface area contributed by atoms with E-state index in [-0.39, 0.29) is 0 Å². The van der Waals surface area contributed by atoms with Crippen LogP contribution in [0.15, 0.2) is 4.99 Å². The fourth-order valence-electron chi connectivity index (χ4n) is 3.97. The normalized spacial score (nSPS) is 22.8. The van der Waals surface area contributed by atoms with Crippen molar-refractivity contribution in [3.05, 3.63) is 0 Å². The predicted octanol–water partition coefficient (Wildman–Crippen LogP) is 2.49. The molecule has 0 bridgehead atoms. The third-order valence-electron chi connectivity index (χ3n) is 5.52. The molecule has 0 saturated carbocycles. The Balaban J connectivity index is 1.75. The summed E-state index contributed by atoms with van der Waals surface area (Å²) in [6.07, 6.45) is 8.08. The van der Waals surface area contributed by atoms with Crippen LogP contribution in [0, 0.1) is 5.92 Å². The Morgan fingerprint density at radius 3 is 2.64 bits per heavy atom. The summed E-state index contributed by atoms with van der Waals surface area (Å²) >= 11 is 0. The summed E-state index contributed by atoms with van der Waals surface area (Å²) in [4.78, 5) is 12.5. The number of piperidine rings is 1. The van der Waals surface area contributed by atoms with E-state index in [0.717, 1.165) is 38.1 Å². The van der Waals surface area contributed by atoms with E-state index >= 15 is 0 Å². The monoisotopic (exact) mass is 351 g/mol. The molecule has 2 rings (SSSR count). The zero-order chi connectivity index (χ0) is 17.9. The minimum absolute atomic E-state index is 0.814. The van der Waals surface area contributed by atoms with Gasteiger partial charge in [0.15, 0.2) is 5.96 Å².